The van der Waals surface area contributed by atoms with E-state index >= 15 is 0 Å². The van der Waals surface area contributed by atoms with E-state index in [-0.39, 0.29) is 95.8 Å². The van der Waals surface area contributed by atoms with Crippen LogP contribution in [0.3, 0.4) is 0 Å². The van der Waals surface area contributed by atoms with Crippen molar-refractivity contribution in [3.8, 4) is 11.5 Å². The molecule has 2 fully saturated rings. The second-order valence-electron chi connectivity index (χ2n) is 16.8. The minimum absolute atomic E-state index is 0. The van der Waals surface area contributed by atoms with Gasteiger partial charge in [0.25, 0.3) is 0 Å². The maximum absolute atomic E-state index is 12.7. The van der Waals surface area contributed by atoms with Gasteiger partial charge in [-0.2, -0.15) is 0 Å². The molecule has 0 unspecified atom stereocenters. The molecular weight excluding hydrogens is 969 g/mol. The largest absolute Gasteiger partial charge is 0.478 e. The van der Waals surface area contributed by atoms with Crippen LogP contribution in [0.1, 0.15) is 174 Å². The number of aromatic carboxylic acids is 1. The molecule has 2 saturated heterocycles. The Kier molecular flexibility index (Phi) is 31.8. The highest BCUT2D eigenvalue weighted by molar-refractivity contribution is 5.92. The van der Waals surface area contributed by atoms with Gasteiger partial charge in [0.15, 0.2) is 24.4 Å². The summed E-state index contributed by atoms with van der Waals surface area (Å²) >= 11 is 0. The normalized spacial score (nSPS) is 20.7. The monoisotopic (exact) mass is 1050 g/mol. The number of carboxylic acids is 1. The number of ether oxygens (including phenoxy) is 11. The number of carboxylic acid groups (broad SMARTS) is 1. The summed E-state index contributed by atoms with van der Waals surface area (Å²) in [4.78, 5) is 98.6. The molecule has 20 nitrogen and oxygen atoms in total. The van der Waals surface area contributed by atoms with Crippen molar-refractivity contribution in [2.24, 2.45) is 0 Å². The number of benzene rings is 2. The molecule has 2 aliphatic heterocycles. The zero-order valence-corrected chi connectivity index (χ0v) is 42.5. The first-order valence-electron chi connectivity index (χ1n) is 25.0. The lowest BCUT2D eigenvalue weighted by Crippen LogP contribution is -2.59. The summed E-state index contributed by atoms with van der Waals surface area (Å²) in [6.45, 7) is 12.8. The summed E-state index contributed by atoms with van der Waals surface area (Å²) in [6, 6.07) is 12.4. The standard InChI is InChI=1S/C28H40O10.C24H32O10.2CH4/c1-5-9-17-33-27(32)19-15-10-11-16-20(19)36-28-26(38-24(31)14-8-4)25(37-23(30)13-7-3)21(18-34-28)35-22(29)12-6-2;1-4-9-18(25)31-17-14-30-24(32-16-13-8-7-12-15(16)23(28)29)22(34-20(27)11-6-3)21(17)33-19(26)10-5-2;;/h10-11,15-16,21,25-26,28H,5-9,12-14,17-18H2,1-4H3;7-8,12-13,17,21-22,24H,4-6,9-11,14H2,1-3H3,(H,28,29);2*1H4/t21-,25+,26-,28+;17-,21+,22-,24+;;/m11../s1. The van der Waals surface area contributed by atoms with E-state index in [1.54, 1.807) is 44.2 Å². The van der Waals surface area contributed by atoms with Gasteiger partial charge in [-0.05, 0) is 69.2 Å². The molecule has 0 spiro atoms. The Balaban J connectivity index is 0.000000725. The number of para-hydroxylation sites is 2. The maximum Gasteiger partial charge on any atom is 0.341 e. The van der Waals surface area contributed by atoms with Crippen LogP contribution < -0.4 is 9.47 Å². The van der Waals surface area contributed by atoms with E-state index in [0.29, 0.717) is 38.5 Å². The van der Waals surface area contributed by atoms with E-state index in [2.05, 4.69) is 0 Å². The Morgan fingerprint density at radius 3 is 1.14 bits per heavy atom. The average molecular weight is 1050 g/mol. The van der Waals surface area contributed by atoms with Gasteiger partial charge in [0.1, 0.15) is 22.6 Å². The van der Waals surface area contributed by atoms with Crippen molar-refractivity contribution in [1.29, 1.82) is 0 Å². The fourth-order valence-electron chi connectivity index (χ4n) is 7.07. The van der Waals surface area contributed by atoms with E-state index in [0.717, 1.165) is 12.8 Å². The van der Waals surface area contributed by atoms with Gasteiger partial charge >= 0.3 is 47.8 Å². The average Bonchev–Trinajstić information content (AvgIpc) is 3.33. The Hall–Kier alpha value is -6.28. The number of esters is 7. The van der Waals surface area contributed by atoms with Crippen molar-refractivity contribution in [2.75, 3.05) is 19.8 Å². The molecule has 4 rings (SSSR count). The number of unbranched alkanes of at least 4 members (excludes halogenated alkanes) is 1. The van der Waals surface area contributed by atoms with Crippen LogP contribution in [0, 0.1) is 0 Å². The minimum Gasteiger partial charge on any atom is -0.478 e. The van der Waals surface area contributed by atoms with Gasteiger partial charge in [0, 0.05) is 38.5 Å². The molecule has 8 atom stereocenters. The molecule has 2 aromatic carbocycles. The van der Waals surface area contributed by atoms with Crippen molar-refractivity contribution in [2.45, 2.75) is 202 Å². The third-order valence-corrected chi connectivity index (χ3v) is 10.6. The van der Waals surface area contributed by atoms with Crippen LogP contribution in [-0.4, -0.2) is 122 Å². The number of carbonyl (C=O) groups is 8. The number of hydrogen-bond donors (Lipinski definition) is 1. The first-order valence-corrected chi connectivity index (χ1v) is 25.0. The molecular formula is C54H80O20. The Labute approximate surface area is 435 Å². The molecule has 0 radical (unpaired) electrons. The third-order valence-electron chi connectivity index (χ3n) is 10.6. The summed E-state index contributed by atoms with van der Waals surface area (Å²) in [7, 11) is 0. The Morgan fingerprint density at radius 2 is 0.784 bits per heavy atom. The van der Waals surface area contributed by atoms with Crippen molar-refractivity contribution < 1.29 is 95.6 Å². The van der Waals surface area contributed by atoms with Crippen LogP contribution in [0.15, 0.2) is 48.5 Å². The van der Waals surface area contributed by atoms with Crippen LogP contribution in [0.25, 0.3) is 0 Å². The van der Waals surface area contributed by atoms with Gasteiger partial charge in [-0.15, -0.1) is 0 Å². The highest BCUT2D eigenvalue weighted by Gasteiger charge is 2.50. The van der Waals surface area contributed by atoms with Gasteiger partial charge in [-0.3, -0.25) is 28.8 Å². The molecule has 0 aromatic heterocycles. The van der Waals surface area contributed by atoms with Crippen LogP contribution >= 0.6 is 0 Å². The van der Waals surface area contributed by atoms with E-state index in [1.165, 1.54) is 18.2 Å². The fourth-order valence-corrected chi connectivity index (χ4v) is 7.07. The van der Waals surface area contributed by atoms with Crippen molar-refractivity contribution >= 4 is 47.8 Å². The predicted octanol–water partition coefficient (Wildman–Crippen LogP) is 9.04. The lowest BCUT2D eigenvalue weighted by Gasteiger charge is -2.40. The number of hydrogen-bond acceptors (Lipinski definition) is 19. The number of carbonyl (C=O) groups excluding carboxylic acids is 7. The SMILES string of the molecule is C.C.CCCC(=O)O[C@@H]1[C@@H](OC(=O)CCC)[C@H](Oc2ccccc2C(=O)O)OC[C@H]1OC(=O)CCC.CCCCOC(=O)c1ccccc1O[C@@H]1OC[C@@H](OC(=O)CCC)[C@H](OC(=O)CCC)[C@H]1OC(=O)CCC. The van der Waals surface area contributed by atoms with Gasteiger partial charge in [0.05, 0.1) is 19.8 Å². The van der Waals surface area contributed by atoms with Crippen LogP contribution in [0.2, 0.25) is 0 Å². The van der Waals surface area contributed by atoms with Gasteiger partial charge < -0.3 is 57.2 Å². The molecule has 74 heavy (non-hydrogen) atoms. The summed E-state index contributed by atoms with van der Waals surface area (Å²) in [5.74, 6) is -4.90. The smallest absolute Gasteiger partial charge is 0.341 e. The first-order chi connectivity index (χ1) is 34.6. The highest BCUT2D eigenvalue weighted by Crippen LogP contribution is 2.32. The molecule has 2 aliphatic rings. The van der Waals surface area contributed by atoms with Crippen LogP contribution in [0.4, 0.5) is 0 Å². The molecule has 0 saturated carbocycles. The van der Waals surface area contributed by atoms with E-state index in [4.69, 9.17) is 52.1 Å². The molecule has 2 aromatic rings. The third kappa shape index (κ3) is 21.7. The lowest BCUT2D eigenvalue weighted by molar-refractivity contribution is -0.261. The van der Waals surface area contributed by atoms with Crippen molar-refractivity contribution in [3.63, 3.8) is 0 Å². The van der Waals surface area contributed by atoms with Gasteiger partial charge in [-0.1, -0.05) is 94.0 Å². The number of rotatable bonds is 27. The van der Waals surface area contributed by atoms with Crippen LogP contribution in [-0.2, 0) is 71.4 Å². The topological polar surface area (TPSA) is 258 Å². The molecule has 0 aliphatic carbocycles. The highest BCUT2D eigenvalue weighted by atomic mass is 16.7. The second kappa shape index (κ2) is 35.8. The van der Waals surface area contributed by atoms with E-state index < -0.39 is 97.0 Å². The maximum atomic E-state index is 12.7. The molecule has 2 heterocycles. The van der Waals surface area contributed by atoms with Gasteiger partial charge in [0.2, 0.25) is 24.8 Å². The van der Waals surface area contributed by atoms with Crippen molar-refractivity contribution in [3.05, 3.63) is 59.7 Å². The zero-order valence-electron chi connectivity index (χ0n) is 42.5. The fraction of sp³-hybridized carbons (Fsp3) is 0.630. The van der Waals surface area contributed by atoms with E-state index in [1.807, 2.05) is 34.6 Å². The lowest BCUT2D eigenvalue weighted by atomic mass is 10.0. The molecule has 1 N–H and O–H groups in total. The molecule has 0 bridgehead atoms. The molecule has 0 amide bonds. The Bertz CT molecular complexity index is 2050. The van der Waals surface area contributed by atoms with Crippen molar-refractivity contribution in [1.82, 2.24) is 0 Å². The minimum atomic E-state index is -1.30. The summed E-state index contributed by atoms with van der Waals surface area (Å²) in [5, 5.41) is 9.47. The predicted molar refractivity (Wildman–Crippen MR) is 268 cm³/mol. The summed E-state index contributed by atoms with van der Waals surface area (Å²) < 4.78 is 62.3. The summed E-state index contributed by atoms with van der Waals surface area (Å²) in [5.41, 5.74) is 0.0441. The summed E-state index contributed by atoms with van der Waals surface area (Å²) in [6.07, 6.45) is -3.96. The van der Waals surface area contributed by atoms with Crippen LogP contribution in [0.5, 0.6) is 11.5 Å². The Morgan fingerprint density at radius 1 is 0.459 bits per heavy atom. The molecule has 416 valence electrons. The van der Waals surface area contributed by atoms with Gasteiger partial charge in [-0.25, -0.2) is 9.59 Å². The quantitative estimate of drug-likeness (QED) is 0.0497. The second-order valence-corrected chi connectivity index (χ2v) is 16.8. The molecule has 20 heteroatoms. The first kappa shape index (κ1) is 65.7. The zero-order chi connectivity index (χ0) is 53.0. The van der Waals surface area contributed by atoms with E-state index in [9.17, 15) is 43.5 Å².